The second kappa shape index (κ2) is 3.69. The van der Waals surface area contributed by atoms with Crippen molar-refractivity contribution in [2.75, 3.05) is 0 Å². The predicted molar refractivity (Wildman–Crippen MR) is 58.8 cm³/mol. The van der Waals surface area contributed by atoms with Gasteiger partial charge in [0.2, 0.25) is 0 Å². The van der Waals surface area contributed by atoms with Crippen molar-refractivity contribution in [2.45, 2.75) is 6.92 Å². The highest BCUT2D eigenvalue weighted by Gasteiger charge is 2.10. The van der Waals surface area contributed by atoms with E-state index in [1.807, 2.05) is 38.2 Å². The minimum absolute atomic E-state index is 0.698. The summed E-state index contributed by atoms with van der Waals surface area (Å²) in [4.78, 5) is 10.9. The fourth-order valence-electron chi connectivity index (χ4n) is 1.75. The van der Waals surface area contributed by atoms with E-state index in [-0.39, 0.29) is 0 Å². The van der Waals surface area contributed by atoms with E-state index in [0.717, 1.165) is 23.1 Å². The van der Waals surface area contributed by atoms with Crippen molar-refractivity contribution in [3.63, 3.8) is 0 Å². The summed E-state index contributed by atoms with van der Waals surface area (Å²) < 4.78 is 1.79. The molecular weight excluding hydrogens is 188 g/mol. The molecule has 1 aromatic carbocycles. The number of aromatic nitrogens is 2. The van der Waals surface area contributed by atoms with Crippen LogP contribution >= 0.6 is 0 Å². The number of benzene rings is 1. The van der Waals surface area contributed by atoms with Gasteiger partial charge < -0.3 is 0 Å². The second-order valence-electron chi connectivity index (χ2n) is 3.50. The average molecular weight is 200 g/mol. The molecule has 0 atom stereocenters. The summed E-state index contributed by atoms with van der Waals surface area (Å²) in [5, 5.41) is 4.17. The summed E-state index contributed by atoms with van der Waals surface area (Å²) in [7, 11) is 1.88. The Morgan fingerprint density at radius 1 is 1.33 bits per heavy atom. The van der Waals surface area contributed by atoms with E-state index in [0.29, 0.717) is 5.56 Å². The lowest BCUT2D eigenvalue weighted by Gasteiger charge is -2.06. The maximum atomic E-state index is 10.9. The second-order valence-corrected chi connectivity index (χ2v) is 3.50. The van der Waals surface area contributed by atoms with Crippen LogP contribution in [0.4, 0.5) is 0 Å². The maximum absolute atomic E-state index is 10.9. The molecule has 2 rings (SSSR count). The SMILES string of the molecule is Cc1cnn(C)c1-c1ccccc1C=O. The van der Waals surface area contributed by atoms with Gasteiger partial charge in [-0.2, -0.15) is 5.10 Å². The van der Waals surface area contributed by atoms with Crippen molar-refractivity contribution in [2.24, 2.45) is 7.05 Å². The van der Waals surface area contributed by atoms with Crippen molar-refractivity contribution < 1.29 is 4.79 Å². The highest BCUT2D eigenvalue weighted by molar-refractivity contribution is 5.87. The number of hydrogen-bond donors (Lipinski definition) is 0. The molecular formula is C12H12N2O. The van der Waals surface area contributed by atoms with Gasteiger partial charge >= 0.3 is 0 Å². The summed E-state index contributed by atoms with van der Waals surface area (Å²) in [6.45, 7) is 1.99. The van der Waals surface area contributed by atoms with Crippen LogP contribution in [-0.2, 0) is 7.05 Å². The zero-order valence-corrected chi connectivity index (χ0v) is 8.77. The molecule has 0 aliphatic heterocycles. The molecule has 0 spiro atoms. The average Bonchev–Trinajstić information content (AvgIpc) is 2.59. The first-order valence-electron chi connectivity index (χ1n) is 4.77. The normalized spacial score (nSPS) is 10.3. The van der Waals surface area contributed by atoms with Crippen LogP contribution in [0.15, 0.2) is 30.5 Å². The van der Waals surface area contributed by atoms with Crippen molar-refractivity contribution >= 4 is 6.29 Å². The fourth-order valence-corrected chi connectivity index (χ4v) is 1.75. The third kappa shape index (κ3) is 1.56. The van der Waals surface area contributed by atoms with Crippen molar-refractivity contribution in [3.8, 4) is 11.3 Å². The Bertz CT molecular complexity index is 481. The smallest absolute Gasteiger partial charge is 0.150 e. The van der Waals surface area contributed by atoms with Crippen LogP contribution in [0.2, 0.25) is 0 Å². The van der Waals surface area contributed by atoms with Gasteiger partial charge in [-0.25, -0.2) is 0 Å². The highest BCUT2D eigenvalue weighted by Crippen LogP contribution is 2.24. The van der Waals surface area contributed by atoms with E-state index in [1.54, 1.807) is 10.9 Å². The first-order chi connectivity index (χ1) is 7.24. The Morgan fingerprint density at radius 3 is 2.67 bits per heavy atom. The molecule has 0 amide bonds. The number of hydrogen-bond acceptors (Lipinski definition) is 2. The number of aldehydes is 1. The molecule has 0 unspecified atom stereocenters. The van der Waals surface area contributed by atoms with Crippen LogP contribution in [0, 0.1) is 6.92 Å². The van der Waals surface area contributed by atoms with Gasteiger partial charge in [0.1, 0.15) is 0 Å². The quantitative estimate of drug-likeness (QED) is 0.696. The van der Waals surface area contributed by atoms with Crippen molar-refractivity contribution in [1.29, 1.82) is 0 Å². The molecule has 1 aromatic heterocycles. The molecule has 0 N–H and O–H groups in total. The molecule has 76 valence electrons. The maximum Gasteiger partial charge on any atom is 0.150 e. The zero-order valence-electron chi connectivity index (χ0n) is 8.77. The van der Waals surface area contributed by atoms with Crippen molar-refractivity contribution in [1.82, 2.24) is 9.78 Å². The zero-order chi connectivity index (χ0) is 10.8. The van der Waals surface area contributed by atoms with Gasteiger partial charge in [-0.1, -0.05) is 24.3 Å². The number of nitrogens with zero attached hydrogens (tertiary/aromatic N) is 2. The van der Waals surface area contributed by atoms with Crippen LogP contribution in [0.25, 0.3) is 11.3 Å². The van der Waals surface area contributed by atoms with Crippen LogP contribution in [-0.4, -0.2) is 16.1 Å². The summed E-state index contributed by atoms with van der Waals surface area (Å²) in [6, 6.07) is 7.54. The van der Waals surface area contributed by atoms with Crippen LogP contribution in [0.1, 0.15) is 15.9 Å². The van der Waals surface area contributed by atoms with Crippen LogP contribution < -0.4 is 0 Å². The fraction of sp³-hybridized carbons (Fsp3) is 0.167. The Labute approximate surface area is 88.4 Å². The minimum atomic E-state index is 0.698. The number of aryl methyl sites for hydroxylation is 2. The molecule has 3 heteroatoms. The molecule has 0 fully saturated rings. The van der Waals surface area contributed by atoms with Crippen molar-refractivity contribution in [3.05, 3.63) is 41.6 Å². The van der Waals surface area contributed by atoms with Gasteiger partial charge in [-0.15, -0.1) is 0 Å². The van der Waals surface area contributed by atoms with E-state index in [9.17, 15) is 4.79 Å². The Morgan fingerprint density at radius 2 is 2.07 bits per heavy atom. The summed E-state index contributed by atoms with van der Waals surface area (Å²) in [5.74, 6) is 0. The summed E-state index contributed by atoms with van der Waals surface area (Å²) >= 11 is 0. The van der Waals surface area contributed by atoms with E-state index in [1.165, 1.54) is 0 Å². The summed E-state index contributed by atoms with van der Waals surface area (Å²) in [5.41, 5.74) is 3.71. The molecule has 0 aliphatic carbocycles. The minimum Gasteiger partial charge on any atom is -0.298 e. The van der Waals surface area contributed by atoms with Gasteiger partial charge in [0.15, 0.2) is 6.29 Å². The first kappa shape index (κ1) is 9.65. The third-order valence-corrected chi connectivity index (χ3v) is 2.46. The number of carbonyl (C=O) groups is 1. The standard InChI is InChI=1S/C12H12N2O/c1-9-7-13-14(2)12(9)11-6-4-3-5-10(11)8-15/h3-8H,1-2H3. The lowest BCUT2D eigenvalue weighted by molar-refractivity contribution is 0.112. The monoisotopic (exact) mass is 200 g/mol. The molecule has 15 heavy (non-hydrogen) atoms. The van der Waals surface area contributed by atoms with Gasteiger partial charge in [0.25, 0.3) is 0 Å². The molecule has 3 nitrogen and oxygen atoms in total. The molecule has 1 heterocycles. The first-order valence-corrected chi connectivity index (χ1v) is 4.77. The van der Waals surface area contributed by atoms with E-state index >= 15 is 0 Å². The molecule has 0 bridgehead atoms. The van der Waals surface area contributed by atoms with E-state index in [2.05, 4.69) is 5.10 Å². The Kier molecular flexibility index (Phi) is 2.37. The molecule has 0 radical (unpaired) electrons. The lowest BCUT2D eigenvalue weighted by Crippen LogP contribution is -1.97. The number of rotatable bonds is 2. The van der Waals surface area contributed by atoms with Gasteiger partial charge in [0, 0.05) is 18.2 Å². The molecule has 0 saturated heterocycles. The molecule has 0 aliphatic rings. The molecule has 2 aromatic rings. The number of carbonyl (C=O) groups excluding carboxylic acids is 1. The van der Waals surface area contributed by atoms with E-state index < -0.39 is 0 Å². The van der Waals surface area contributed by atoms with Gasteiger partial charge in [-0.05, 0) is 12.5 Å². The topological polar surface area (TPSA) is 34.9 Å². The van der Waals surface area contributed by atoms with Crippen LogP contribution in [0.3, 0.4) is 0 Å². The lowest BCUT2D eigenvalue weighted by atomic mass is 10.0. The predicted octanol–water partition coefficient (Wildman–Crippen LogP) is 2.21. The Hall–Kier alpha value is -1.90. The highest BCUT2D eigenvalue weighted by atomic mass is 16.1. The third-order valence-electron chi connectivity index (χ3n) is 2.46. The van der Waals surface area contributed by atoms with Crippen LogP contribution in [0.5, 0.6) is 0 Å². The van der Waals surface area contributed by atoms with E-state index in [4.69, 9.17) is 0 Å². The molecule has 0 saturated carbocycles. The van der Waals surface area contributed by atoms with Gasteiger partial charge in [0.05, 0.1) is 11.9 Å². The summed E-state index contributed by atoms with van der Waals surface area (Å²) in [6.07, 6.45) is 2.68. The largest absolute Gasteiger partial charge is 0.298 e. The van der Waals surface area contributed by atoms with Gasteiger partial charge in [-0.3, -0.25) is 9.48 Å². The Balaban J connectivity index is 2.68.